The molecule has 4 nitrogen and oxygen atoms in total. The van der Waals surface area contributed by atoms with Crippen molar-refractivity contribution in [2.24, 2.45) is 29.1 Å². The zero-order valence-corrected chi connectivity index (χ0v) is 14.9. The second-order valence-electron chi connectivity index (χ2n) is 8.64. The highest BCUT2D eigenvalue weighted by atomic mass is 16.6. The summed E-state index contributed by atoms with van der Waals surface area (Å²) < 4.78 is 11.1. The predicted octanol–water partition coefficient (Wildman–Crippen LogP) is 3.72. The number of carbonyl (C=O) groups excluding carboxylic acids is 2. The third kappa shape index (κ3) is 2.78. The smallest absolute Gasteiger partial charge is 0.312 e. The van der Waals surface area contributed by atoms with Gasteiger partial charge < -0.3 is 9.47 Å². The molecule has 23 heavy (non-hydrogen) atoms. The van der Waals surface area contributed by atoms with Gasteiger partial charge in [-0.25, -0.2) is 0 Å². The molecular weight excluding hydrogens is 292 g/mol. The summed E-state index contributed by atoms with van der Waals surface area (Å²) >= 11 is 0. The molecule has 0 aromatic carbocycles. The highest BCUT2D eigenvalue weighted by Gasteiger charge is 2.61. The fourth-order valence-corrected chi connectivity index (χ4v) is 5.23. The second-order valence-corrected chi connectivity index (χ2v) is 8.64. The molecule has 0 radical (unpaired) electrons. The summed E-state index contributed by atoms with van der Waals surface area (Å²) in [6.45, 7) is 5.86. The summed E-state index contributed by atoms with van der Waals surface area (Å²) in [4.78, 5) is 24.9. The summed E-state index contributed by atoms with van der Waals surface area (Å²) in [5.41, 5.74) is -1.12. The number of rotatable bonds is 5. The quantitative estimate of drug-likeness (QED) is 0.724. The minimum absolute atomic E-state index is 0.156. The number of esters is 2. The van der Waals surface area contributed by atoms with Crippen LogP contribution in [0.15, 0.2) is 0 Å². The van der Waals surface area contributed by atoms with Gasteiger partial charge in [0.2, 0.25) is 0 Å². The predicted molar refractivity (Wildman–Crippen MR) is 86.6 cm³/mol. The lowest BCUT2D eigenvalue weighted by molar-refractivity contribution is -0.221. The van der Waals surface area contributed by atoms with E-state index < -0.39 is 11.0 Å². The van der Waals surface area contributed by atoms with Crippen molar-refractivity contribution < 1.29 is 19.1 Å². The van der Waals surface area contributed by atoms with Crippen molar-refractivity contribution in [3.8, 4) is 0 Å². The van der Waals surface area contributed by atoms with Gasteiger partial charge in [-0.15, -0.1) is 0 Å². The Morgan fingerprint density at radius 2 is 1.57 bits per heavy atom. The number of hydrogen-bond acceptors (Lipinski definition) is 4. The Morgan fingerprint density at radius 1 is 1.04 bits per heavy atom. The van der Waals surface area contributed by atoms with Crippen LogP contribution in [-0.4, -0.2) is 24.6 Å². The molecule has 0 amide bonds. The highest BCUT2D eigenvalue weighted by molar-refractivity contribution is 5.77. The monoisotopic (exact) mass is 322 g/mol. The summed E-state index contributed by atoms with van der Waals surface area (Å²) in [6.07, 6.45) is 6.70. The van der Waals surface area contributed by atoms with Crippen LogP contribution < -0.4 is 0 Å². The zero-order valence-electron chi connectivity index (χ0n) is 14.9. The molecule has 0 atom stereocenters. The molecule has 0 aromatic heterocycles. The molecule has 4 heteroatoms. The molecule has 4 rings (SSSR count). The van der Waals surface area contributed by atoms with Gasteiger partial charge >= 0.3 is 11.9 Å². The van der Waals surface area contributed by atoms with Crippen molar-refractivity contribution in [1.82, 2.24) is 0 Å². The molecule has 0 unspecified atom stereocenters. The first kappa shape index (κ1) is 16.8. The van der Waals surface area contributed by atoms with Gasteiger partial charge in [0.05, 0.1) is 18.9 Å². The average molecular weight is 322 g/mol. The molecule has 4 saturated carbocycles. The minimum atomic E-state index is -0.621. The maximum atomic E-state index is 12.8. The number of ether oxygens (including phenoxy) is 2. The third-order valence-electron chi connectivity index (χ3n) is 6.89. The molecule has 4 bridgehead atoms. The van der Waals surface area contributed by atoms with Gasteiger partial charge in [-0.3, -0.25) is 9.59 Å². The lowest BCUT2D eigenvalue weighted by Gasteiger charge is -2.60. The van der Waals surface area contributed by atoms with E-state index >= 15 is 0 Å². The molecule has 0 saturated heterocycles. The average Bonchev–Trinajstić information content (AvgIpc) is 2.51. The minimum Gasteiger partial charge on any atom is -0.469 e. The van der Waals surface area contributed by atoms with Crippen molar-refractivity contribution in [2.75, 3.05) is 7.11 Å². The Hall–Kier alpha value is -1.06. The summed E-state index contributed by atoms with van der Waals surface area (Å²) in [5, 5.41) is 0. The van der Waals surface area contributed by atoms with Gasteiger partial charge in [-0.2, -0.15) is 0 Å². The first-order chi connectivity index (χ1) is 10.8. The van der Waals surface area contributed by atoms with Crippen LogP contribution in [0.1, 0.15) is 65.7 Å². The molecule has 0 N–H and O–H groups in total. The standard InChI is InChI=1S/C19H30O4/c1-5-18(2,3)17(21)23-19(11-16(20)22-4)14-7-12-6-13(9-14)10-15(19)8-12/h12-15H,5-11H2,1-4H3. The molecule has 0 spiro atoms. The van der Waals surface area contributed by atoms with Crippen LogP contribution in [0.5, 0.6) is 0 Å². The lowest BCUT2D eigenvalue weighted by Crippen LogP contribution is -2.61. The third-order valence-corrected chi connectivity index (χ3v) is 6.89. The fourth-order valence-electron chi connectivity index (χ4n) is 5.23. The molecular formula is C19H30O4. The van der Waals surface area contributed by atoms with E-state index in [1.165, 1.54) is 13.5 Å². The molecule has 0 heterocycles. The van der Waals surface area contributed by atoms with Crippen molar-refractivity contribution >= 4 is 11.9 Å². The van der Waals surface area contributed by atoms with Crippen molar-refractivity contribution in [3.63, 3.8) is 0 Å². The summed E-state index contributed by atoms with van der Waals surface area (Å²) in [5.74, 6) is 1.78. The SMILES string of the molecule is CCC(C)(C)C(=O)OC1(CC(=O)OC)C2CC3CC(C2)CC1C3. The molecule has 4 fully saturated rings. The maximum Gasteiger partial charge on any atom is 0.312 e. The van der Waals surface area contributed by atoms with Gasteiger partial charge in [0.25, 0.3) is 0 Å². The maximum absolute atomic E-state index is 12.8. The number of carbonyl (C=O) groups is 2. The Bertz CT molecular complexity index is 466. The van der Waals surface area contributed by atoms with E-state index in [4.69, 9.17) is 9.47 Å². The van der Waals surface area contributed by atoms with Gasteiger partial charge in [-0.1, -0.05) is 6.92 Å². The second kappa shape index (κ2) is 5.78. The van der Waals surface area contributed by atoms with E-state index in [0.29, 0.717) is 11.8 Å². The topological polar surface area (TPSA) is 52.6 Å². The molecule has 4 aliphatic carbocycles. The van der Waals surface area contributed by atoms with Crippen LogP contribution >= 0.6 is 0 Å². The van der Waals surface area contributed by atoms with Gasteiger partial charge in [0, 0.05) is 11.8 Å². The highest BCUT2D eigenvalue weighted by Crippen LogP contribution is 2.61. The molecule has 130 valence electrons. The summed E-state index contributed by atoms with van der Waals surface area (Å²) in [7, 11) is 1.42. The van der Waals surface area contributed by atoms with Crippen molar-refractivity contribution in [2.45, 2.75) is 71.3 Å². The van der Waals surface area contributed by atoms with E-state index in [9.17, 15) is 9.59 Å². The largest absolute Gasteiger partial charge is 0.469 e. The van der Waals surface area contributed by atoms with Crippen molar-refractivity contribution in [3.05, 3.63) is 0 Å². The van der Waals surface area contributed by atoms with Gasteiger partial charge in [-0.05, 0) is 64.2 Å². The number of hydrogen-bond donors (Lipinski definition) is 0. The van der Waals surface area contributed by atoms with E-state index in [-0.39, 0.29) is 18.4 Å². The zero-order chi connectivity index (χ0) is 16.8. The van der Waals surface area contributed by atoms with Crippen LogP contribution in [0, 0.1) is 29.1 Å². The molecule has 4 aliphatic rings. The lowest BCUT2D eigenvalue weighted by atomic mass is 9.49. The van der Waals surface area contributed by atoms with Gasteiger partial charge in [0.15, 0.2) is 0 Å². The van der Waals surface area contributed by atoms with E-state index in [1.54, 1.807) is 0 Å². The fraction of sp³-hybridized carbons (Fsp3) is 0.895. The Labute approximate surface area is 139 Å². The number of methoxy groups -OCH3 is 1. The van der Waals surface area contributed by atoms with Crippen LogP contribution in [0.4, 0.5) is 0 Å². The molecule has 0 aliphatic heterocycles. The normalized spacial score (nSPS) is 38.4. The van der Waals surface area contributed by atoms with Crippen LogP contribution in [0.25, 0.3) is 0 Å². The van der Waals surface area contributed by atoms with Crippen LogP contribution in [0.3, 0.4) is 0 Å². The van der Waals surface area contributed by atoms with Gasteiger partial charge in [0.1, 0.15) is 5.60 Å². The van der Waals surface area contributed by atoms with Crippen LogP contribution in [-0.2, 0) is 19.1 Å². The first-order valence-corrected chi connectivity index (χ1v) is 9.11. The summed E-state index contributed by atoms with van der Waals surface area (Å²) in [6, 6.07) is 0. The Kier molecular flexibility index (Phi) is 4.22. The Balaban J connectivity index is 1.89. The van der Waals surface area contributed by atoms with E-state index in [1.807, 2.05) is 20.8 Å². The van der Waals surface area contributed by atoms with E-state index in [2.05, 4.69) is 0 Å². The first-order valence-electron chi connectivity index (χ1n) is 9.11. The molecule has 0 aromatic rings. The Morgan fingerprint density at radius 3 is 2.00 bits per heavy atom. The van der Waals surface area contributed by atoms with Crippen LogP contribution in [0.2, 0.25) is 0 Å². The van der Waals surface area contributed by atoms with Crippen molar-refractivity contribution in [1.29, 1.82) is 0 Å². The van der Waals surface area contributed by atoms with E-state index in [0.717, 1.165) is 43.9 Å².